The highest BCUT2D eigenvalue weighted by atomic mass is 35.5. The minimum atomic E-state index is -4.76. The van der Waals surface area contributed by atoms with Gasteiger partial charge in [-0.05, 0) is 54.7 Å². The standard InChI is InChI=1S/C19H15BCl2F3NO3/c1-17(2)14-5-10(3-4-15(14)20(27)28-17)16-9-18(29-26-16,19(23,24)25)11-6-12(21)8-13(22)7-11/h3-8,27H,9H2,1-2H3/t18-/m1/s1. The molecule has 0 bridgehead atoms. The first-order chi connectivity index (χ1) is 13.4. The highest BCUT2D eigenvalue weighted by Gasteiger charge is 2.62. The van der Waals surface area contributed by atoms with E-state index in [0.29, 0.717) is 16.6 Å². The molecule has 0 spiro atoms. The van der Waals surface area contributed by atoms with Crippen molar-refractivity contribution in [3.05, 3.63) is 63.1 Å². The number of fused-ring (bicyclic) bond motifs is 1. The molecule has 0 aliphatic carbocycles. The fourth-order valence-electron chi connectivity index (χ4n) is 3.72. The monoisotopic (exact) mass is 443 g/mol. The number of nitrogens with zero attached hydrogens (tertiary/aromatic N) is 1. The van der Waals surface area contributed by atoms with Crippen LogP contribution in [0, 0.1) is 0 Å². The zero-order valence-corrected chi connectivity index (χ0v) is 16.9. The summed E-state index contributed by atoms with van der Waals surface area (Å²) in [5, 5.41) is 13.9. The predicted molar refractivity (Wildman–Crippen MR) is 105 cm³/mol. The van der Waals surface area contributed by atoms with Gasteiger partial charge in [-0.2, -0.15) is 13.2 Å². The van der Waals surface area contributed by atoms with Crippen molar-refractivity contribution in [2.45, 2.75) is 37.6 Å². The Kier molecular flexibility index (Phi) is 4.70. The maximum Gasteiger partial charge on any atom is 0.492 e. The van der Waals surface area contributed by atoms with Crippen LogP contribution in [0.15, 0.2) is 41.6 Å². The Labute approximate surface area is 175 Å². The molecule has 1 N–H and O–H groups in total. The molecule has 0 saturated heterocycles. The van der Waals surface area contributed by atoms with Crippen molar-refractivity contribution in [1.82, 2.24) is 0 Å². The van der Waals surface area contributed by atoms with Crippen molar-refractivity contribution >= 4 is 41.5 Å². The van der Waals surface area contributed by atoms with Crippen molar-refractivity contribution in [2.75, 3.05) is 0 Å². The molecule has 2 aliphatic rings. The van der Waals surface area contributed by atoms with Crippen molar-refractivity contribution in [2.24, 2.45) is 5.16 Å². The second-order valence-electron chi connectivity index (χ2n) is 7.57. The molecule has 0 saturated carbocycles. The lowest BCUT2D eigenvalue weighted by Crippen LogP contribution is -2.42. The number of hydrogen-bond donors (Lipinski definition) is 1. The molecule has 152 valence electrons. The van der Waals surface area contributed by atoms with E-state index < -0.39 is 30.9 Å². The summed E-state index contributed by atoms with van der Waals surface area (Å²) < 4.78 is 47.8. The van der Waals surface area contributed by atoms with E-state index in [9.17, 15) is 18.2 Å². The molecule has 29 heavy (non-hydrogen) atoms. The van der Waals surface area contributed by atoms with E-state index in [-0.39, 0.29) is 21.3 Å². The van der Waals surface area contributed by atoms with Crippen LogP contribution in [0.4, 0.5) is 13.2 Å². The highest BCUT2D eigenvalue weighted by Crippen LogP contribution is 2.49. The van der Waals surface area contributed by atoms with E-state index in [1.54, 1.807) is 32.0 Å². The smallest absolute Gasteiger partial charge is 0.423 e. The fraction of sp³-hybridized carbons (Fsp3) is 0.316. The molecule has 2 aromatic rings. The summed E-state index contributed by atoms with van der Waals surface area (Å²) in [6, 6.07) is 8.58. The van der Waals surface area contributed by atoms with E-state index in [1.807, 2.05) is 0 Å². The van der Waals surface area contributed by atoms with Gasteiger partial charge in [-0.1, -0.05) is 40.5 Å². The van der Waals surface area contributed by atoms with Crippen LogP contribution in [0.2, 0.25) is 10.0 Å². The Morgan fingerprint density at radius 1 is 1.10 bits per heavy atom. The van der Waals surface area contributed by atoms with Crippen LogP contribution in [0.5, 0.6) is 0 Å². The lowest BCUT2D eigenvalue weighted by molar-refractivity contribution is -0.275. The van der Waals surface area contributed by atoms with Gasteiger partial charge < -0.3 is 14.5 Å². The van der Waals surface area contributed by atoms with E-state index in [2.05, 4.69) is 5.16 Å². The molecule has 0 fully saturated rings. The van der Waals surface area contributed by atoms with E-state index in [0.717, 1.165) is 0 Å². The van der Waals surface area contributed by atoms with Crippen molar-refractivity contribution in [3.63, 3.8) is 0 Å². The maximum absolute atomic E-state index is 14.1. The summed E-state index contributed by atoms with van der Waals surface area (Å²) >= 11 is 11.8. The zero-order chi connectivity index (χ0) is 21.2. The molecular formula is C19H15BCl2F3NO3. The minimum absolute atomic E-state index is 0.0681. The predicted octanol–water partition coefficient (Wildman–Crippen LogP) is 4.53. The Bertz CT molecular complexity index is 1010. The van der Waals surface area contributed by atoms with Gasteiger partial charge in [0, 0.05) is 22.0 Å². The average molecular weight is 444 g/mol. The molecular weight excluding hydrogens is 429 g/mol. The molecule has 4 rings (SSSR count). The van der Waals surface area contributed by atoms with Crippen LogP contribution in [0.3, 0.4) is 0 Å². The Hall–Kier alpha value is -1.74. The van der Waals surface area contributed by atoms with Gasteiger partial charge in [0.25, 0.3) is 5.60 Å². The summed E-state index contributed by atoms with van der Waals surface area (Å²) in [4.78, 5) is 5.03. The van der Waals surface area contributed by atoms with Gasteiger partial charge in [-0.3, -0.25) is 0 Å². The summed E-state index contributed by atoms with van der Waals surface area (Å²) in [6.07, 6.45) is -5.31. The van der Waals surface area contributed by atoms with Crippen LogP contribution in [-0.4, -0.2) is 24.0 Å². The van der Waals surface area contributed by atoms with Crippen LogP contribution >= 0.6 is 23.2 Å². The summed E-state index contributed by atoms with van der Waals surface area (Å²) in [5.74, 6) is 0. The van der Waals surface area contributed by atoms with Crippen LogP contribution in [0.25, 0.3) is 0 Å². The second-order valence-corrected chi connectivity index (χ2v) is 8.44. The van der Waals surface area contributed by atoms with Crippen molar-refractivity contribution in [1.29, 1.82) is 0 Å². The second kappa shape index (κ2) is 6.64. The zero-order valence-electron chi connectivity index (χ0n) is 15.3. The highest BCUT2D eigenvalue weighted by molar-refractivity contribution is 6.62. The molecule has 0 unspecified atom stereocenters. The molecule has 4 nitrogen and oxygen atoms in total. The molecule has 0 aromatic heterocycles. The first-order valence-electron chi connectivity index (χ1n) is 8.72. The SMILES string of the molecule is CC1(C)OB(O)c2ccc(C3=NO[C@](c4cc(Cl)cc(Cl)c4)(C(F)(F)F)C3)cc21. The quantitative estimate of drug-likeness (QED) is 0.694. The van der Waals surface area contributed by atoms with Gasteiger partial charge >= 0.3 is 13.3 Å². The van der Waals surface area contributed by atoms with Gasteiger partial charge in [0.15, 0.2) is 0 Å². The third-order valence-electron chi connectivity index (χ3n) is 5.22. The van der Waals surface area contributed by atoms with Crippen LogP contribution < -0.4 is 5.46 Å². The molecule has 10 heteroatoms. The van der Waals surface area contributed by atoms with Gasteiger partial charge in [0.2, 0.25) is 0 Å². The number of rotatable bonds is 2. The van der Waals surface area contributed by atoms with E-state index in [4.69, 9.17) is 32.7 Å². The van der Waals surface area contributed by atoms with Crippen LogP contribution in [0.1, 0.15) is 37.0 Å². The van der Waals surface area contributed by atoms with Crippen molar-refractivity contribution in [3.8, 4) is 0 Å². The lowest BCUT2D eigenvalue weighted by atomic mass is 9.77. The molecule has 2 aliphatic heterocycles. The van der Waals surface area contributed by atoms with Crippen LogP contribution in [-0.2, 0) is 20.7 Å². The molecule has 2 aromatic carbocycles. The van der Waals surface area contributed by atoms with E-state index >= 15 is 0 Å². The van der Waals surface area contributed by atoms with Crippen molar-refractivity contribution < 1.29 is 27.7 Å². The third-order valence-corrected chi connectivity index (χ3v) is 5.66. The van der Waals surface area contributed by atoms with Gasteiger partial charge in [0.05, 0.1) is 11.3 Å². The molecule has 0 amide bonds. The Morgan fingerprint density at radius 2 is 1.76 bits per heavy atom. The first-order valence-corrected chi connectivity index (χ1v) is 9.48. The lowest BCUT2D eigenvalue weighted by Gasteiger charge is -2.29. The Morgan fingerprint density at radius 3 is 2.38 bits per heavy atom. The molecule has 0 radical (unpaired) electrons. The number of alkyl halides is 3. The van der Waals surface area contributed by atoms with Gasteiger partial charge in [-0.25, -0.2) is 0 Å². The molecule has 2 heterocycles. The summed E-state index contributed by atoms with van der Waals surface area (Å²) in [6.45, 7) is 3.54. The largest absolute Gasteiger partial charge is 0.492 e. The molecule has 1 atom stereocenters. The number of hydrogen-bond acceptors (Lipinski definition) is 4. The third kappa shape index (κ3) is 3.32. The first kappa shape index (κ1) is 20.5. The number of halogens is 5. The fourth-order valence-corrected chi connectivity index (χ4v) is 4.25. The van der Waals surface area contributed by atoms with Gasteiger partial charge in [-0.15, -0.1) is 0 Å². The topological polar surface area (TPSA) is 51.0 Å². The number of oxime groups is 1. The Balaban J connectivity index is 1.75. The number of benzene rings is 2. The van der Waals surface area contributed by atoms with E-state index in [1.165, 1.54) is 18.2 Å². The summed E-state index contributed by atoms with van der Waals surface area (Å²) in [7, 11) is -1.08. The normalized spacial score (nSPS) is 23.0. The van der Waals surface area contributed by atoms with Gasteiger partial charge in [0.1, 0.15) is 0 Å². The summed E-state index contributed by atoms with van der Waals surface area (Å²) in [5.41, 5.74) is -1.87. The maximum atomic E-state index is 14.1. The average Bonchev–Trinajstić information content (AvgIpc) is 3.14. The minimum Gasteiger partial charge on any atom is -0.423 e.